The van der Waals surface area contributed by atoms with Crippen LogP contribution in [0.2, 0.25) is 0 Å². The molecule has 0 saturated heterocycles. The summed E-state index contributed by atoms with van der Waals surface area (Å²) in [6.07, 6.45) is 6.73. The molecule has 11 heavy (non-hydrogen) atoms. The number of anilines is 2. The quantitative estimate of drug-likeness (QED) is 0.526. The molecule has 0 amide bonds. The lowest BCUT2D eigenvalue weighted by atomic mass is 10.1. The zero-order valence-electron chi connectivity index (χ0n) is 6.26. The zero-order chi connectivity index (χ0) is 8.43. The van der Waals surface area contributed by atoms with Gasteiger partial charge in [-0.3, -0.25) is 0 Å². The van der Waals surface area contributed by atoms with Crippen LogP contribution in [0.1, 0.15) is 11.1 Å². The maximum absolute atomic E-state index is 5.58. The number of terminal acetylenes is 1. The first-order valence-electron chi connectivity index (χ1n) is 3.14. The molecule has 1 rings (SSSR count). The highest BCUT2D eigenvalue weighted by Gasteiger charge is 2.02. The first-order valence-corrected chi connectivity index (χ1v) is 3.14. The Morgan fingerprint density at radius 3 is 2.73 bits per heavy atom. The van der Waals surface area contributed by atoms with Gasteiger partial charge in [0.05, 0.1) is 5.69 Å². The van der Waals surface area contributed by atoms with Crippen molar-refractivity contribution in [2.24, 2.45) is 0 Å². The third-order valence-corrected chi connectivity index (χ3v) is 1.57. The summed E-state index contributed by atoms with van der Waals surface area (Å²) in [6, 6.07) is 0. The molecule has 1 heterocycles. The summed E-state index contributed by atoms with van der Waals surface area (Å²) in [7, 11) is 0. The van der Waals surface area contributed by atoms with Gasteiger partial charge >= 0.3 is 0 Å². The van der Waals surface area contributed by atoms with E-state index in [9.17, 15) is 0 Å². The van der Waals surface area contributed by atoms with Crippen molar-refractivity contribution in [2.75, 3.05) is 11.5 Å². The first kappa shape index (κ1) is 7.42. The standard InChI is InChI=1S/C8H9N3/c1-3-6-4-11-8(10)7(9)5(6)2/h1,4H,9H2,2H3,(H2,10,11). The predicted molar refractivity (Wildman–Crippen MR) is 45.7 cm³/mol. The van der Waals surface area contributed by atoms with Crippen LogP contribution in [-0.4, -0.2) is 4.98 Å². The average molecular weight is 147 g/mol. The van der Waals surface area contributed by atoms with Crippen molar-refractivity contribution < 1.29 is 0 Å². The van der Waals surface area contributed by atoms with Crippen LogP contribution in [0, 0.1) is 19.3 Å². The molecule has 0 radical (unpaired) electrons. The van der Waals surface area contributed by atoms with Crippen molar-refractivity contribution in [2.45, 2.75) is 6.92 Å². The molecular weight excluding hydrogens is 138 g/mol. The first-order chi connectivity index (χ1) is 5.16. The van der Waals surface area contributed by atoms with E-state index < -0.39 is 0 Å². The van der Waals surface area contributed by atoms with Gasteiger partial charge in [0, 0.05) is 11.8 Å². The molecule has 3 heteroatoms. The van der Waals surface area contributed by atoms with Gasteiger partial charge < -0.3 is 11.5 Å². The number of nitrogen functional groups attached to an aromatic ring is 2. The normalized spacial score (nSPS) is 9.09. The van der Waals surface area contributed by atoms with Crippen molar-refractivity contribution in [3.63, 3.8) is 0 Å². The Morgan fingerprint density at radius 2 is 2.18 bits per heavy atom. The molecule has 0 spiro atoms. The number of aromatic nitrogens is 1. The molecular formula is C8H9N3. The summed E-state index contributed by atoms with van der Waals surface area (Å²) in [5.41, 5.74) is 13.0. The minimum atomic E-state index is 0.335. The molecule has 4 N–H and O–H groups in total. The molecule has 0 aromatic carbocycles. The lowest BCUT2D eigenvalue weighted by Crippen LogP contribution is -2.01. The summed E-state index contributed by atoms with van der Waals surface area (Å²) >= 11 is 0. The largest absolute Gasteiger partial charge is 0.395 e. The second kappa shape index (κ2) is 2.51. The molecule has 0 aliphatic rings. The van der Waals surface area contributed by atoms with E-state index >= 15 is 0 Å². The fourth-order valence-electron chi connectivity index (χ4n) is 0.783. The van der Waals surface area contributed by atoms with Crippen LogP contribution in [0.15, 0.2) is 6.20 Å². The second-order valence-corrected chi connectivity index (χ2v) is 2.24. The minimum Gasteiger partial charge on any atom is -0.395 e. The highest BCUT2D eigenvalue weighted by atomic mass is 14.9. The number of hydrogen-bond donors (Lipinski definition) is 2. The molecule has 1 aromatic rings. The van der Waals surface area contributed by atoms with E-state index in [-0.39, 0.29) is 0 Å². The zero-order valence-corrected chi connectivity index (χ0v) is 6.26. The Morgan fingerprint density at radius 1 is 1.55 bits per heavy atom. The van der Waals surface area contributed by atoms with E-state index in [1.54, 1.807) is 6.20 Å². The van der Waals surface area contributed by atoms with E-state index in [0.29, 0.717) is 17.1 Å². The Hall–Kier alpha value is -1.69. The van der Waals surface area contributed by atoms with E-state index in [1.807, 2.05) is 6.92 Å². The van der Waals surface area contributed by atoms with Crippen molar-refractivity contribution in [1.82, 2.24) is 4.98 Å². The van der Waals surface area contributed by atoms with Gasteiger partial charge in [-0.15, -0.1) is 6.42 Å². The van der Waals surface area contributed by atoms with E-state index in [0.717, 1.165) is 5.56 Å². The van der Waals surface area contributed by atoms with Crippen molar-refractivity contribution in [1.29, 1.82) is 0 Å². The molecule has 0 aliphatic heterocycles. The van der Waals surface area contributed by atoms with Gasteiger partial charge in [-0.25, -0.2) is 4.98 Å². The fraction of sp³-hybridized carbons (Fsp3) is 0.125. The molecule has 0 aliphatic carbocycles. The smallest absolute Gasteiger partial charge is 0.146 e. The van der Waals surface area contributed by atoms with Crippen molar-refractivity contribution in [3.05, 3.63) is 17.3 Å². The molecule has 0 atom stereocenters. The highest BCUT2D eigenvalue weighted by molar-refractivity contribution is 5.66. The third-order valence-electron chi connectivity index (χ3n) is 1.57. The van der Waals surface area contributed by atoms with Gasteiger partial charge in [-0.05, 0) is 12.5 Å². The van der Waals surface area contributed by atoms with Gasteiger partial charge in [-0.1, -0.05) is 5.92 Å². The Bertz CT molecular complexity index is 323. The lowest BCUT2D eigenvalue weighted by Gasteiger charge is -2.03. The van der Waals surface area contributed by atoms with Gasteiger partial charge in [0.15, 0.2) is 0 Å². The molecule has 0 unspecified atom stereocenters. The molecule has 56 valence electrons. The van der Waals surface area contributed by atoms with Crippen LogP contribution in [0.3, 0.4) is 0 Å². The lowest BCUT2D eigenvalue weighted by molar-refractivity contribution is 1.28. The molecule has 1 aromatic heterocycles. The van der Waals surface area contributed by atoms with Gasteiger partial charge in [0.1, 0.15) is 5.82 Å². The van der Waals surface area contributed by atoms with Crippen LogP contribution in [-0.2, 0) is 0 Å². The van der Waals surface area contributed by atoms with Gasteiger partial charge in [0.2, 0.25) is 0 Å². The molecule has 0 saturated carbocycles. The topological polar surface area (TPSA) is 64.9 Å². The van der Waals surface area contributed by atoms with E-state index in [1.165, 1.54) is 0 Å². The molecule has 3 nitrogen and oxygen atoms in total. The second-order valence-electron chi connectivity index (χ2n) is 2.24. The van der Waals surface area contributed by atoms with Crippen molar-refractivity contribution >= 4 is 11.5 Å². The number of nitrogens with two attached hydrogens (primary N) is 2. The maximum Gasteiger partial charge on any atom is 0.146 e. The predicted octanol–water partition coefficient (Wildman–Crippen LogP) is 0.536. The molecule has 0 fully saturated rings. The third kappa shape index (κ3) is 1.10. The number of hydrogen-bond acceptors (Lipinski definition) is 3. The molecule has 0 bridgehead atoms. The van der Waals surface area contributed by atoms with Gasteiger partial charge in [0.25, 0.3) is 0 Å². The summed E-state index contributed by atoms with van der Waals surface area (Å²) in [6.45, 7) is 1.82. The van der Waals surface area contributed by atoms with Crippen LogP contribution >= 0.6 is 0 Å². The Kier molecular flexibility index (Phi) is 1.69. The van der Waals surface area contributed by atoms with Crippen molar-refractivity contribution in [3.8, 4) is 12.3 Å². The van der Waals surface area contributed by atoms with Crippen LogP contribution < -0.4 is 11.5 Å². The van der Waals surface area contributed by atoms with Crippen LogP contribution in [0.5, 0.6) is 0 Å². The number of pyridine rings is 1. The fourth-order valence-corrected chi connectivity index (χ4v) is 0.783. The number of nitrogens with zero attached hydrogens (tertiary/aromatic N) is 1. The Labute approximate surface area is 65.4 Å². The summed E-state index contributed by atoms with van der Waals surface area (Å²) in [5.74, 6) is 2.80. The summed E-state index contributed by atoms with van der Waals surface area (Å²) in [5, 5.41) is 0. The minimum absolute atomic E-state index is 0.335. The summed E-state index contributed by atoms with van der Waals surface area (Å²) < 4.78 is 0. The monoisotopic (exact) mass is 147 g/mol. The Balaban J connectivity index is 3.40. The average Bonchev–Trinajstić information content (AvgIpc) is 2.01. The number of rotatable bonds is 0. The van der Waals surface area contributed by atoms with Crippen LogP contribution in [0.25, 0.3) is 0 Å². The van der Waals surface area contributed by atoms with Gasteiger partial charge in [-0.2, -0.15) is 0 Å². The van der Waals surface area contributed by atoms with E-state index in [2.05, 4.69) is 10.9 Å². The maximum atomic E-state index is 5.58. The van der Waals surface area contributed by atoms with E-state index in [4.69, 9.17) is 17.9 Å². The summed E-state index contributed by atoms with van der Waals surface area (Å²) in [4.78, 5) is 3.82. The van der Waals surface area contributed by atoms with Crippen LogP contribution in [0.4, 0.5) is 11.5 Å². The SMILES string of the molecule is C#Cc1cnc(N)c(N)c1C. The highest BCUT2D eigenvalue weighted by Crippen LogP contribution is 2.18.